The predicted octanol–water partition coefficient (Wildman–Crippen LogP) is 3.27. The number of nitriles is 1. The molecule has 7 nitrogen and oxygen atoms in total. The number of anilines is 1. The molecule has 0 aliphatic carbocycles. The molecule has 1 amide bonds. The van der Waals surface area contributed by atoms with Crippen molar-refractivity contribution in [2.45, 2.75) is 40.2 Å². The second-order valence-electron chi connectivity index (χ2n) is 5.98. The lowest BCUT2D eigenvalue weighted by Crippen LogP contribution is -2.14. The van der Waals surface area contributed by atoms with Gasteiger partial charge in [0.25, 0.3) is 5.91 Å². The molecule has 0 aliphatic rings. The van der Waals surface area contributed by atoms with Gasteiger partial charge < -0.3 is 9.30 Å². The summed E-state index contributed by atoms with van der Waals surface area (Å²) in [5.74, 6) is -0.485. The Kier molecular flexibility index (Phi) is 6.66. The van der Waals surface area contributed by atoms with Gasteiger partial charge in [-0.1, -0.05) is 18.3 Å². The zero-order chi connectivity index (χ0) is 19.3. The van der Waals surface area contributed by atoms with Crippen molar-refractivity contribution < 1.29 is 9.53 Å². The van der Waals surface area contributed by atoms with Crippen LogP contribution in [0.15, 0.2) is 11.6 Å². The van der Waals surface area contributed by atoms with Crippen molar-refractivity contribution >= 4 is 28.5 Å². The number of hydrogen-bond donors (Lipinski definition) is 1. The SMILES string of the molecule is CCc1nnc(NC(=O)/C(C#N)=C/c2cc(C)n(C(C)COC)c2C)s1. The minimum atomic E-state index is -0.485. The maximum absolute atomic E-state index is 12.4. The summed E-state index contributed by atoms with van der Waals surface area (Å²) >= 11 is 1.31. The number of rotatable bonds is 7. The van der Waals surface area contributed by atoms with Crippen molar-refractivity contribution in [1.82, 2.24) is 14.8 Å². The van der Waals surface area contributed by atoms with Gasteiger partial charge in [0.2, 0.25) is 5.13 Å². The van der Waals surface area contributed by atoms with E-state index in [4.69, 9.17) is 4.74 Å². The molecule has 0 aromatic carbocycles. The van der Waals surface area contributed by atoms with Gasteiger partial charge in [-0.3, -0.25) is 10.1 Å². The second-order valence-corrected chi connectivity index (χ2v) is 7.04. The first kappa shape index (κ1) is 19.8. The van der Waals surface area contributed by atoms with E-state index in [1.165, 1.54) is 11.3 Å². The largest absolute Gasteiger partial charge is 0.383 e. The van der Waals surface area contributed by atoms with Crippen molar-refractivity contribution in [1.29, 1.82) is 5.26 Å². The van der Waals surface area contributed by atoms with Gasteiger partial charge in [-0.25, -0.2) is 0 Å². The number of carbonyl (C=O) groups excluding carboxylic acids is 1. The number of ether oxygens (including phenoxy) is 1. The molecule has 0 saturated carbocycles. The van der Waals surface area contributed by atoms with Crippen LogP contribution in [0.3, 0.4) is 0 Å². The molecule has 138 valence electrons. The molecule has 2 aromatic rings. The molecule has 2 aromatic heterocycles. The summed E-state index contributed by atoms with van der Waals surface area (Å²) in [5.41, 5.74) is 2.89. The van der Waals surface area contributed by atoms with Crippen LogP contribution >= 0.6 is 11.3 Å². The van der Waals surface area contributed by atoms with Gasteiger partial charge in [0.1, 0.15) is 16.6 Å². The highest BCUT2D eigenvalue weighted by Crippen LogP contribution is 2.23. The van der Waals surface area contributed by atoms with E-state index in [0.717, 1.165) is 28.4 Å². The Labute approximate surface area is 157 Å². The Morgan fingerprint density at radius 1 is 1.50 bits per heavy atom. The zero-order valence-electron chi connectivity index (χ0n) is 15.7. The van der Waals surface area contributed by atoms with Crippen LogP contribution < -0.4 is 5.32 Å². The normalized spacial score (nSPS) is 12.7. The lowest BCUT2D eigenvalue weighted by molar-refractivity contribution is -0.112. The third-order valence-electron chi connectivity index (χ3n) is 4.03. The van der Waals surface area contributed by atoms with Crippen LogP contribution in [0.1, 0.15) is 41.8 Å². The van der Waals surface area contributed by atoms with E-state index < -0.39 is 5.91 Å². The summed E-state index contributed by atoms with van der Waals surface area (Å²) in [7, 11) is 1.67. The van der Waals surface area contributed by atoms with E-state index in [9.17, 15) is 10.1 Å². The van der Waals surface area contributed by atoms with Gasteiger partial charge in [0.05, 0.1) is 12.6 Å². The van der Waals surface area contributed by atoms with Crippen LogP contribution in [0.2, 0.25) is 0 Å². The second kappa shape index (κ2) is 8.74. The summed E-state index contributed by atoms with van der Waals surface area (Å²) in [5, 5.41) is 21.1. The fourth-order valence-corrected chi connectivity index (χ4v) is 3.53. The predicted molar refractivity (Wildman–Crippen MR) is 102 cm³/mol. The van der Waals surface area contributed by atoms with Crippen molar-refractivity contribution in [3.63, 3.8) is 0 Å². The number of aromatic nitrogens is 3. The number of methoxy groups -OCH3 is 1. The molecule has 0 radical (unpaired) electrons. The van der Waals surface area contributed by atoms with Gasteiger partial charge in [0.15, 0.2) is 0 Å². The minimum absolute atomic E-state index is 0.0258. The van der Waals surface area contributed by atoms with Crippen LogP contribution in [0.25, 0.3) is 6.08 Å². The van der Waals surface area contributed by atoms with Crippen LogP contribution in [0.4, 0.5) is 5.13 Å². The molecule has 0 spiro atoms. The zero-order valence-corrected chi connectivity index (χ0v) is 16.5. The molecule has 2 rings (SSSR count). The summed E-state index contributed by atoms with van der Waals surface area (Å²) in [6.45, 7) is 8.58. The van der Waals surface area contributed by atoms with Crippen molar-refractivity contribution in [2.24, 2.45) is 0 Å². The number of carbonyl (C=O) groups is 1. The maximum atomic E-state index is 12.4. The van der Waals surface area contributed by atoms with Crippen LogP contribution in [0, 0.1) is 25.2 Å². The van der Waals surface area contributed by atoms with Crippen molar-refractivity contribution in [3.8, 4) is 6.07 Å². The first-order valence-corrected chi connectivity index (χ1v) is 9.15. The average Bonchev–Trinajstić information content (AvgIpc) is 3.16. The Morgan fingerprint density at radius 2 is 2.23 bits per heavy atom. The van der Waals surface area contributed by atoms with Crippen LogP contribution in [-0.4, -0.2) is 34.4 Å². The Bertz CT molecular complexity index is 860. The highest BCUT2D eigenvalue weighted by Gasteiger charge is 2.16. The van der Waals surface area contributed by atoms with Gasteiger partial charge in [0, 0.05) is 18.5 Å². The first-order chi connectivity index (χ1) is 12.4. The highest BCUT2D eigenvalue weighted by molar-refractivity contribution is 7.15. The topological polar surface area (TPSA) is 92.8 Å². The van der Waals surface area contributed by atoms with E-state index in [1.807, 2.05) is 32.9 Å². The molecule has 1 atom stereocenters. The first-order valence-electron chi connectivity index (χ1n) is 8.34. The lowest BCUT2D eigenvalue weighted by atomic mass is 10.1. The van der Waals surface area contributed by atoms with E-state index >= 15 is 0 Å². The summed E-state index contributed by atoms with van der Waals surface area (Å²) in [4.78, 5) is 12.4. The van der Waals surface area contributed by atoms with Gasteiger partial charge >= 0.3 is 0 Å². The third kappa shape index (κ3) is 4.36. The molecule has 0 saturated heterocycles. The number of hydrogen-bond acceptors (Lipinski definition) is 6. The quantitative estimate of drug-likeness (QED) is 0.594. The molecule has 0 aliphatic heterocycles. The monoisotopic (exact) mass is 373 g/mol. The Balaban J connectivity index is 2.26. The van der Waals surface area contributed by atoms with E-state index in [-0.39, 0.29) is 11.6 Å². The van der Waals surface area contributed by atoms with Crippen molar-refractivity contribution in [3.05, 3.63) is 33.6 Å². The Hall–Kier alpha value is -2.50. The van der Waals surface area contributed by atoms with E-state index in [2.05, 4.69) is 27.0 Å². The molecule has 1 N–H and O–H groups in total. The van der Waals surface area contributed by atoms with E-state index in [0.29, 0.717) is 11.7 Å². The van der Waals surface area contributed by atoms with E-state index in [1.54, 1.807) is 13.2 Å². The number of aryl methyl sites for hydroxylation is 2. The van der Waals surface area contributed by atoms with Crippen LogP contribution in [0.5, 0.6) is 0 Å². The molecule has 26 heavy (non-hydrogen) atoms. The maximum Gasteiger partial charge on any atom is 0.268 e. The smallest absolute Gasteiger partial charge is 0.268 e. The molecule has 2 heterocycles. The summed E-state index contributed by atoms with van der Waals surface area (Å²) < 4.78 is 7.37. The standard InChI is InChI=1S/C18H23N5O2S/c1-6-16-21-22-18(26-16)20-17(24)15(9-19)8-14-7-11(2)23(13(14)4)12(3)10-25-5/h7-8,12H,6,10H2,1-5H3,(H,20,22,24)/b15-8+. The fraction of sp³-hybridized carbons (Fsp3) is 0.444. The molecular weight excluding hydrogens is 350 g/mol. The highest BCUT2D eigenvalue weighted by atomic mass is 32.1. The Morgan fingerprint density at radius 3 is 2.81 bits per heavy atom. The number of nitrogens with zero attached hydrogens (tertiary/aromatic N) is 4. The molecule has 1 unspecified atom stereocenters. The minimum Gasteiger partial charge on any atom is -0.383 e. The molecule has 8 heteroatoms. The van der Waals surface area contributed by atoms with Gasteiger partial charge in [-0.15, -0.1) is 10.2 Å². The summed E-state index contributed by atoms with van der Waals surface area (Å²) in [6, 6.07) is 4.10. The fourth-order valence-electron chi connectivity index (χ4n) is 2.86. The van der Waals surface area contributed by atoms with Gasteiger partial charge in [-0.05, 0) is 44.9 Å². The lowest BCUT2D eigenvalue weighted by Gasteiger charge is -2.17. The number of amides is 1. The van der Waals surface area contributed by atoms with Crippen LogP contribution in [-0.2, 0) is 16.0 Å². The molecular formula is C18H23N5O2S. The number of nitrogens with one attached hydrogen (secondary N) is 1. The van der Waals surface area contributed by atoms with Crippen molar-refractivity contribution in [2.75, 3.05) is 19.0 Å². The molecule has 0 bridgehead atoms. The van der Waals surface area contributed by atoms with Gasteiger partial charge in [-0.2, -0.15) is 5.26 Å². The summed E-state index contributed by atoms with van der Waals surface area (Å²) in [6.07, 6.45) is 2.36. The molecule has 0 fully saturated rings. The third-order valence-corrected chi connectivity index (χ3v) is 5.01. The average molecular weight is 373 g/mol.